The van der Waals surface area contributed by atoms with Crippen LogP contribution in [0.5, 0.6) is 0 Å². The third-order valence-corrected chi connectivity index (χ3v) is 1.89. The molecule has 0 fully saturated rings. The van der Waals surface area contributed by atoms with E-state index >= 15 is 0 Å². The van der Waals surface area contributed by atoms with E-state index in [1.54, 1.807) is 6.20 Å². The molecule has 0 aromatic carbocycles. The van der Waals surface area contributed by atoms with Crippen molar-refractivity contribution in [1.29, 1.82) is 0 Å². The Morgan fingerprint density at radius 1 is 1.60 bits per heavy atom. The second-order valence-corrected chi connectivity index (χ2v) is 3.23. The molecule has 0 saturated heterocycles. The monoisotopic (exact) mass is 200 g/mol. The molecule has 0 bridgehead atoms. The summed E-state index contributed by atoms with van der Waals surface area (Å²) in [5, 5.41) is 0. The molecule has 0 radical (unpaired) electrons. The van der Waals surface area contributed by atoms with Gasteiger partial charge >= 0.3 is 0 Å². The zero-order valence-electron chi connectivity index (χ0n) is 9.11. The minimum Gasteiger partial charge on any atom is -0.337 e. The Kier molecular flexibility index (Phi) is 5.03. The molecule has 0 aliphatic heterocycles. The predicted molar refractivity (Wildman–Crippen MR) is 63.2 cm³/mol. The fraction of sp³-hybridized carbons (Fsp3) is 0.308. The third kappa shape index (κ3) is 4.87. The molecule has 1 rings (SSSR count). The van der Waals surface area contributed by atoms with Crippen LogP contribution in [0.2, 0.25) is 0 Å². The number of nitrogens with zero attached hydrogens (tertiary/aromatic N) is 2. The molecule has 2 heteroatoms. The minimum absolute atomic E-state index is 0.875. The van der Waals surface area contributed by atoms with Gasteiger partial charge in [-0.05, 0) is 13.3 Å². The lowest BCUT2D eigenvalue weighted by molar-refractivity contribution is 0.655. The van der Waals surface area contributed by atoms with Crippen LogP contribution >= 0.6 is 0 Å². The summed E-state index contributed by atoms with van der Waals surface area (Å²) in [4.78, 5) is 3.98. The molecule has 2 nitrogen and oxygen atoms in total. The van der Waals surface area contributed by atoms with Crippen molar-refractivity contribution in [3.63, 3.8) is 0 Å². The van der Waals surface area contributed by atoms with Crippen molar-refractivity contribution in [3.8, 4) is 11.8 Å². The SMILES string of the molecule is C=C(C#CCCCn1ccnc1)/C=C\C. The van der Waals surface area contributed by atoms with Crippen molar-refractivity contribution in [1.82, 2.24) is 9.55 Å². The van der Waals surface area contributed by atoms with Crippen molar-refractivity contribution in [3.05, 3.63) is 43.0 Å². The number of hydrogen-bond acceptors (Lipinski definition) is 1. The molecule has 78 valence electrons. The lowest BCUT2D eigenvalue weighted by atomic mass is 10.2. The van der Waals surface area contributed by atoms with E-state index in [2.05, 4.69) is 28.0 Å². The maximum absolute atomic E-state index is 3.98. The number of aromatic nitrogens is 2. The molecule has 0 unspecified atom stereocenters. The van der Waals surface area contributed by atoms with Gasteiger partial charge in [-0.1, -0.05) is 30.6 Å². The van der Waals surface area contributed by atoms with Crippen LogP contribution in [0.15, 0.2) is 43.0 Å². The van der Waals surface area contributed by atoms with Gasteiger partial charge in [0.15, 0.2) is 0 Å². The average Bonchev–Trinajstić information content (AvgIpc) is 2.70. The second kappa shape index (κ2) is 6.67. The van der Waals surface area contributed by atoms with Crippen LogP contribution in [0.1, 0.15) is 19.8 Å². The highest BCUT2D eigenvalue weighted by Gasteiger charge is 1.87. The maximum Gasteiger partial charge on any atom is 0.0945 e. The Hall–Kier alpha value is -1.75. The van der Waals surface area contributed by atoms with E-state index < -0.39 is 0 Å². The summed E-state index contributed by atoms with van der Waals surface area (Å²) in [7, 11) is 0. The highest BCUT2D eigenvalue weighted by molar-refractivity contribution is 5.34. The van der Waals surface area contributed by atoms with Crippen LogP contribution in [0, 0.1) is 11.8 Å². The van der Waals surface area contributed by atoms with E-state index in [1.807, 2.05) is 31.6 Å². The first-order valence-electron chi connectivity index (χ1n) is 5.09. The van der Waals surface area contributed by atoms with Crippen LogP contribution in [0.3, 0.4) is 0 Å². The maximum atomic E-state index is 3.98. The van der Waals surface area contributed by atoms with Gasteiger partial charge in [0, 0.05) is 30.9 Å². The number of unbranched alkanes of at least 4 members (excludes halogenated alkanes) is 1. The molecular formula is C13H16N2. The molecule has 0 spiro atoms. The predicted octanol–water partition coefficient (Wildman–Crippen LogP) is 2.80. The van der Waals surface area contributed by atoms with Crippen LogP contribution in [-0.2, 0) is 6.54 Å². The van der Waals surface area contributed by atoms with Crippen LogP contribution in [0.25, 0.3) is 0 Å². The number of rotatable bonds is 4. The third-order valence-electron chi connectivity index (χ3n) is 1.89. The van der Waals surface area contributed by atoms with E-state index in [9.17, 15) is 0 Å². The summed E-state index contributed by atoms with van der Waals surface area (Å²) in [6.45, 7) is 6.76. The molecule has 0 aliphatic rings. The largest absolute Gasteiger partial charge is 0.337 e. The Labute approximate surface area is 91.3 Å². The topological polar surface area (TPSA) is 17.8 Å². The van der Waals surface area contributed by atoms with Gasteiger partial charge in [-0.25, -0.2) is 4.98 Å². The smallest absolute Gasteiger partial charge is 0.0945 e. The van der Waals surface area contributed by atoms with Crippen LogP contribution < -0.4 is 0 Å². The molecule has 0 atom stereocenters. The zero-order valence-corrected chi connectivity index (χ0v) is 9.11. The van der Waals surface area contributed by atoms with Gasteiger partial charge in [-0.15, -0.1) is 0 Å². The Morgan fingerprint density at radius 2 is 2.47 bits per heavy atom. The van der Waals surface area contributed by atoms with Crippen molar-refractivity contribution in [2.45, 2.75) is 26.3 Å². The van der Waals surface area contributed by atoms with Gasteiger partial charge in [0.25, 0.3) is 0 Å². The fourth-order valence-electron chi connectivity index (χ4n) is 1.19. The van der Waals surface area contributed by atoms with Crippen molar-refractivity contribution >= 4 is 0 Å². The number of aryl methyl sites for hydroxylation is 1. The van der Waals surface area contributed by atoms with Crippen molar-refractivity contribution < 1.29 is 0 Å². The van der Waals surface area contributed by atoms with E-state index in [0.29, 0.717) is 0 Å². The highest BCUT2D eigenvalue weighted by atomic mass is 15.0. The fourth-order valence-corrected chi connectivity index (χ4v) is 1.19. The van der Waals surface area contributed by atoms with Crippen molar-refractivity contribution in [2.75, 3.05) is 0 Å². The van der Waals surface area contributed by atoms with Gasteiger partial charge in [0.2, 0.25) is 0 Å². The van der Waals surface area contributed by atoms with E-state index in [-0.39, 0.29) is 0 Å². The summed E-state index contributed by atoms with van der Waals surface area (Å²) in [5.74, 6) is 6.11. The summed E-state index contributed by atoms with van der Waals surface area (Å²) in [5.41, 5.74) is 0.875. The summed E-state index contributed by atoms with van der Waals surface area (Å²) in [6.07, 6.45) is 11.4. The normalized spacial score (nSPS) is 9.93. The van der Waals surface area contributed by atoms with E-state index in [4.69, 9.17) is 0 Å². The zero-order chi connectivity index (χ0) is 10.9. The highest BCUT2D eigenvalue weighted by Crippen LogP contribution is 1.95. The van der Waals surface area contributed by atoms with Crippen LogP contribution in [-0.4, -0.2) is 9.55 Å². The molecule has 15 heavy (non-hydrogen) atoms. The van der Waals surface area contributed by atoms with Gasteiger partial charge in [0.1, 0.15) is 0 Å². The van der Waals surface area contributed by atoms with Crippen molar-refractivity contribution in [2.24, 2.45) is 0 Å². The summed E-state index contributed by atoms with van der Waals surface area (Å²) >= 11 is 0. The molecule has 0 saturated carbocycles. The quantitative estimate of drug-likeness (QED) is 0.415. The standard InChI is InChI=1S/C13H16N2/c1-3-7-13(2)8-5-4-6-10-15-11-9-14-12-15/h3,7,9,11-12H,2,4,6,10H2,1H3/b7-3-. The first-order valence-corrected chi connectivity index (χ1v) is 5.09. The van der Waals surface area contributed by atoms with Crippen LogP contribution in [0.4, 0.5) is 0 Å². The minimum atomic E-state index is 0.875. The molecule has 1 aromatic heterocycles. The molecule has 1 aromatic rings. The molecular weight excluding hydrogens is 184 g/mol. The molecule has 1 heterocycles. The van der Waals surface area contributed by atoms with Gasteiger partial charge < -0.3 is 4.57 Å². The molecule has 0 N–H and O–H groups in total. The first kappa shape index (κ1) is 11.3. The Morgan fingerprint density at radius 3 is 3.13 bits per heavy atom. The Balaban J connectivity index is 2.19. The number of allylic oxidation sites excluding steroid dienone is 3. The lowest BCUT2D eigenvalue weighted by Gasteiger charge is -1.96. The Bertz CT molecular complexity index is 374. The number of hydrogen-bond donors (Lipinski definition) is 0. The van der Waals surface area contributed by atoms with Gasteiger partial charge in [-0.3, -0.25) is 0 Å². The first-order chi connectivity index (χ1) is 7.33. The van der Waals surface area contributed by atoms with E-state index in [1.165, 1.54) is 0 Å². The molecule has 0 amide bonds. The van der Waals surface area contributed by atoms with E-state index in [0.717, 1.165) is 25.0 Å². The average molecular weight is 200 g/mol. The second-order valence-electron chi connectivity index (χ2n) is 3.23. The summed E-state index contributed by atoms with van der Waals surface area (Å²) in [6, 6.07) is 0. The lowest BCUT2D eigenvalue weighted by Crippen LogP contribution is -1.92. The number of imidazole rings is 1. The van der Waals surface area contributed by atoms with Gasteiger partial charge in [0.05, 0.1) is 6.33 Å². The van der Waals surface area contributed by atoms with Gasteiger partial charge in [-0.2, -0.15) is 0 Å². The molecule has 0 aliphatic carbocycles. The summed E-state index contributed by atoms with van der Waals surface area (Å²) < 4.78 is 2.06.